The van der Waals surface area contributed by atoms with Crippen molar-refractivity contribution >= 4 is 11.6 Å². The molecule has 4 nitrogen and oxygen atoms in total. The Morgan fingerprint density at radius 2 is 2.11 bits per heavy atom. The second-order valence-electron chi connectivity index (χ2n) is 4.99. The molecule has 0 spiro atoms. The predicted octanol–water partition coefficient (Wildman–Crippen LogP) is 3.32. The first-order valence-electron chi connectivity index (χ1n) is 6.49. The number of nitrogens with zero attached hydrogens (tertiary/aromatic N) is 2. The molecular weight excluding hydrogens is 250 g/mol. The number of ether oxygens (including phenoxy) is 1. The van der Waals surface area contributed by atoms with Crippen LogP contribution in [0.3, 0.4) is 0 Å². The van der Waals surface area contributed by atoms with Gasteiger partial charge >= 0.3 is 0 Å². The number of nitrogens with two attached hydrogens (primary N) is 1. The van der Waals surface area contributed by atoms with Crippen molar-refractivity contribution in [2.75, 3.05) is 6.61 Å². The van der Waals surface area contributed by atoms with Crippen LogP contribution in [-0.4, -0.2) is 22.0 Å². The van der Waals surface area contributed by atoms with E-state index in [9.17, 15) is 0 Å². The van der Waals surface area contributed by atoms with Gasteiger partial charge in [0.25, 0.3) is 0 Å². The molecule has 2 unspecified atom stereocenters. The first kappa shape index (κ1) is 15.5. The molecule has 1 aromatic rings. The minimum atomic E-state index is -0.426. The average molecular weight is 274 g/mol. The van der Waals surface area contributed by atoms with E-state index in [0.29, 0.717) is 11.6 Å². The smallest absolute Gasteiger partial charge is 0.0859 e. The molecule has 2 N–H and O–H groups in total. The van der Waals surface area contributed by atoms with Crippen LogP contribution in [0.4, 0.5) is 0 Å². The molecule has 1 heterocycles. The van der Waals surface area contributed by atoms with Crippen LogP contribution in [0.25, 0.3) is 0 Å². The lowest BCUT2D eigenvalue weighted by molar-refractivity contribution is -0.0491. The van der Waals surface area contributed by atoms with Crippen LogP contribution in [0.15, 0.2) is 6.20 Å². The summed E-state index contributed by atoms with van der Waals surface area (Å²) in [5.74, 6) is 0. The Morgan fingerprint density at radius 1 is 1.50 bits per heavy atom. The lowest BCUT2D eigenvalue weighted by atomic mass is 9.91. The molecule has 1 aromatic heterocycles. The molecule has 0 fully saturated rings. The first-order chi connectivity index (χ1) is 8.37. The summed E-state index contributed by atoms with van der Waals surface area (Å²) < 4.78 is 7.70. The van der Waals surface area contributed by atoms with Crippen molar-refractivity contribution in [3.05, 3.63) is 16.9 Å². The summed E-state index contributed by atoms with van der Waals surface area (Å²) in [6.07, 6.45) is 2.47. The Bertz CT molecular complexity index is 392. The summed E-state index contributed by atoms with van der Waals surface area (Å²) in [5.41, 5.74) is 6.81. The highest BCUT2D eigenvalue weighted by Crippen LogP contribution is 2.34. The standard InChI is InChI=1S/C13H24ClN3O/c1-6-13(5,18-7-2)12(15)11-10(14)8-16-17(11)9(3)4/h8-9,12H,6-7,15H2,1-5H3. The van der Waals surface area contributed by atoms with Crippen molar-refractivity contribution in [2.45, 2.75) is 58.7 Å². The summed E-state index contributed by atoms with van der Waals surface area (Å²) in [4.78, 5) is 0. The Hall–Kier alpha value is -0.580. The minimum absolute atomic E-state index is 0.223. The van der Waals surface area contributed by atoms with E-state index in [1.807, 2.05) is 18.5 Å². The molecule has 0 amide bonds. The van der Waals surface area contributed by atoms with E-state index < -0.39 is 5.60 Å². The molecule has 0 aliphatic carbocycles. The summed E-state index contributed by atoms with van der Waals surface area (Å²) in [5, 5.41) is 4.90. The van der Waals surface area contributed by atoms with Crippen molar-refractivity contribution in [1.29, 1.82) is 0 Å². The fourth-order valence-electron chi connectivity index (χ4n) is 2.08. The molecule has 18 heavy (non-hydrogen) atoms. The van der Waals surface area contributed by atoms with Crippen molar-refractivity contribution < 1.29 is 4.74 Å². The van der Waals surface area contributed by atoms with Crippen LogP contribution < -0.4 is 5.73 Å². The van der Waals surface area contributed by atoms with Gasteiger partial charge in [-0.05, 0) is 34.1 Å². The van der Waals surface area contributed by atoms with Crippen LogP contribution in [0.5, 0.6) is 0 Å². The zero-order valence-corrected chi connectivity index (χ0v) is 12.7. The number of halogens is 1. The first-order valence-corrected chi connectivity index (χ1v) is 6.87. The second-order valence-corrected chi connectivity index (χ2v) is 5.40. The molecule has 104 valence electrons. The highest BCUT2D eigenvalue weighted by atomic mass is 35.5. The van der Waals surface area contributed by atoms with Gasteiger partial charge in [0.05, 0.1) is 28.6 Å². The quantitative estimate of drug-likeness (QED) is 0.865. The van der Waals surface area contributed by atoms with Crippen LogP contribution in [-0.2, 0) is 4.74 Å². The van der Waals surface area contributed by atoms with Crippen LogP contribution in [0, 0.1) is 0 Å². The Kier molecular flexibility index (Phi) is 5.20. The zero-order valence-electron chi connectivity index (χ0n) is 11.9. The molecule has 0 radical (unpaired) electrons. The van der Waals surface area contributed by atoms with E-state index in [0.717, 1.165) is 12.1 Å². The van der Waals surface area contributed by atoms with Crippen LogP contribution in [0.1, 0.15) is 58.8 Å². The second kappa shape index (κ2) is 6.04. The van der Waals surface area contributed by atoms with E-state index in [1.54, 1.807) is 6.20 Å². The van der Waals surface area contributed by atoms with Crippen molar-refractivity contribution in [3.63, 3.8) is 0 Å². The molecule has 0 aliphatic heterocycles. The SMILES string of the molecule is CCOC(C)(CC)C(N)c1c(Cl)cnn1C(C)C. The third kappa shape index (κ3) is 2.87. The molecule has 0 saturated carbocycles. The molecule has 0 aromatic carbocycles. The van der Waals surface area contributed by atoms with Gasteiger partial charge in [0.15, 0.2) is 0 Å². The maximum atomic E-state index is 6.38. The average Bonchev–Trinajstić information content (AvgIpc) is 2.70. The molecular formula is C13H24ClN3O. The minimum Gasteiger partial charge on any atom is -0.374 e. The number of hydrogen-bond acceptors (Lipinski definition) is 3. The fourth-order valence-corrected chi connectivity index (χ4v) is 2.33. The van der Waals surface area contributed by atoms with Gasteiger partial charge in [-0.25, -0.2) is 0 Å². The fraction of sp³-hybridized carbons (Fsp3) is 0.769. The van der Waals surface area contributed by atoms with Crippen molar-refractivity contribution in [3.8, 4) is 0 Å². The molecule has 0 saturated heterocycles. The predicted molar refractivity (Wildman–Crippen MR) is 74.9 cm³/mol. The summed E-state index contributed by atoms with van der Waals surface area (Å²) in [7, 11) is 0. The molecule has 2 atom stereocenters. The van der Waals surface area contributed by atoms with Gasteiger partial charge in [-0.2, -0.15) is 5.10 Å². The van der Waals surface area contributed by atoms with E-state index in [-0.39, 0.29) is 12.1 Å². The van der Waals surface area contributed by atoms with Gasteiger partial charge in [0.1, 0.15) is 0 Å². The number of rotatable bonds is 6. The van der Waals surface area contributed by atoms with Crippen LogP contribution >= 0.6 is 11.6 Å². The monoisotopic (exact) mass is 273 g/mol. The Labute approximate surface area is 114 Å². The molecule has 0 aliphatic rings. The van der Waals surface area contributed by atoms with Crippen molar-refractivity contribution in [1.82, 2.24) is 9.78 Å². The topological polar surface area (TPSA) is 53.1 Å². The zero-order chi connectivity index (χ0) is 13.9. The van der Waals surface area contributed by atoms with E-state index >= 15 is 0 Å². The molecule has 1 rings (SSSR count). The lowest BCUT2D eigenvalue weighted by Crippen LogP contribution is -2.42. The number of aromatic nitrogens is 2. The normalized spacial score (nSPS) is 16.9. The van der Waals surface area contributed by atoms with Gasteiger partial charge in [-0.3, -0.25) is 4.68 Å². The third-order valence-electron chi connectivity index (χ3n) is 3.40. The highest BCUT2D eigenvalue weighted by Gasteiger charge is 2.35. The van der Waals surface area contributed by atoms with Crippen molar-refractivity contribution in [2.24, 2.45) is 5.73 Å². The molecule has 0 bridgehead atoms. The maximum Gasteiger partial charge on any atom is 0.0859 e. The van der Waals surface area contributed by atoms with Crippen LogP contribution in [0.2, 0.25) is 5.02 Å². The Balaban J connectivity index is 3.16. The summed E-state index contributed by atoms with van der Waals surface area (Å²) >= 11 is 6.23. The van der Waals surface area contributed by atoms with E-state index in [1.165, 1.54) is 0 Å². The van der Waals surface area contributed by atoms with Gasteiger partial charge in [0.2, 0.25) is 0 Å². The largest absolute Gasteiger partial charge is 0.374 e. The maximum absolute atomic E-state index is 6.38. The summed E-state index contributed by atoms with van der Waals surface area (Å²) in [6.45, 7) is 10.8. The van der Waals surface area contributed by atoms with Gasteiger partial charge in [-0.1, -0.05) is 18.5 Å². The van der Waals surface area contributed by atoms with Gasteiger partial charge in [0, 0.05) is 12.6 Å². The van der Waals surface area contributed by atoms with E-state index in [4.69, 9.17) is 22.1 Å². The third-order valence-corrected chi connectivity index (χ3v) is 3.70. The lowest BCUT2D eigenvalue weighted by Gasteiger charge is -2.35. The summed E-state index contributed by atoms with van der Waals surface area (Å²) in [6, 6.07) is -0.0684. The number of hydrogen-bond donors (Lipinski definition) is 1. The van der Waals surface area contributed by atoms with Gasteiger partial charge in [-0.15, -0.1) is 0 Å². The molecule has 5 heteroatoms. The van der Waals surface area contributed by atoms with E-state index in [2.05, 4.69) is 25.9 Å². The highest BCUT2D eigenvalue weighted by molar-refractivity contribution is 6.31. The Morgan fingerprint density at radius 3 is 2.56 bits per heavy atom. The van der Waals surface area contributed by atoms with Gasteiger partial charge < -0.3 is 10.5 Å².